The van der Waals surface area contributed by atoms with Crippen molar-refractivity contribution in [2.45, 2.75) is 78.0 Å². The Kier molecular flexibility index (Phi) is 10.5. The van der Waals surface area contributed by atoms with Crippen molar-refractivity contribution in [3.8, 4) is 0 Å². The van der Waals surface area contributed by atoms with Gasteiger partial charge in [-0.05, 0) is 36.8 Å². The zero-order valence-corrected chi connectivity index (χ0v) is 21.6. The van der Waals surface area contributed by atoms with Crippen LogP contribution in [0.3, 0.4) is 0 Å². The van der Waals surface area contributed by atoms with Gasteiger partial charge in [-0.15, -0.1) is 0 Å². The number of amides is 3. The number of hydrogen-bond acceptors (Lipinski definition) is 5. The normalized spacial score (nSPS) is 16.3. The van der Waals surface area contributed by atoms with Gasteiger partial charge in [0.15, 0.2) is 0 Å². The number of benzene rings is 1. The Morgan fingerprint density at radius 2 is 1.47 bits per heavy atom. The summed E-state index contributed by atoms with van der Waals surface area (Å²) in [6.45, 7) is 8.75. The van der Waals surface area contributed by atoms with E-state index in [1.54, 1.807) is 6.92 Å². The molecule has 0 bridgehead atoms. The minimum atomic E-state index is -1.13. The lowest BCUT2D eigenvalue weighted by Crippen LogP contribution is -2.58. The van der Waals surface area contributed by atoms with Crippen LogP contribution in [0.2, 0.25) is 0 Å². The lowest BCUT2D eigenvalue weighted by molar-refractivity contribution is -0.143. The number of nitrogens with one attached hydrogen (secondary N) is 4. The molecule has 0 fully saturated rings. The summed E-state index contributed by atoms with van der Waals surface area (Å²) in [5, 5.41) is 18.2. The number of H-pyrrole nitrogens is 1. The number of aliphatic carboxylic acids is 1. The molecule has 1 heterocycles. The molecular weight excluding hydrogens is 462 g/mol. The van der Waals surface area contributed by atoms with E-state index in [-0.39, 0.29) is 18.3 Å². The first-order chi connectivity index (χ1) is 17.0. The SMILES string of the molecule is CCC(C)C(NC(=O)C(C)NC(=O)C(NC(=O)C(N)Cc1c[nH]c2ccccc12)C(C)CC)C(=O)O. The number of nitrogens with two attached hydrogens (primary N) is 1. The molecule has 36 heavy (non-hydrogen) atoms. The van der Waals surface area contributed by atoms with Crippen LogP contribution in [0.1, 0.15) is 53.0 Å². The first-order valence-corrected chi connectivity index (χ1v) is 12.4. The predicted octanol–water partition coefficient (Wildman–Crippen LogP) is 1.69. The van der Waals surface area contributed by atoms with Crippen molar-refractivity contribution in [1.29, 1.82) is 0 Å². The molecule has 0 aliphatic rings. The van der Waals surface area contributed by atoms with Gasteiger partial charge in [-0.1, -0.05) is 58.7 Å². The minimum absolute atomic E-state index is 0.226. The highest BCUT2D eigenvalue weighted by Gasteiger charge is 2.32. The van der Waals surface area contributed by atoms with E-state index in [4.69, 9.17) is 5.73 Å². The molecule has 0 saturated heterocycles. The van der Waals surface area contributed by atoms with Gasteiger partial charge in [0, 0.05) is 17.1 Å². The lowest BCUT2D eigenvalue weighted by Gasteiger charge is -2.27. The fraction of sp³-hybridized carbons (Fsp3) is 0.538. The highest BCUT2D eigenvalue weighted by Crippen LogP contribution is 2.19. The van der Waals surface area contributed by atoms with Crippen LogP contribution in [-0.4, -0.2) is 57.9 Å². The van der Waals surface area contributed by atoms with Gasteiger partial charge < -0.3 is 31.8 Å². The molecule has 1 aromatic carbocycles. The molecule has 0 aliphatic heterocycles. The Balaban J connectivity index is 2.04. The molecular formula is C26H39N5O5. The lowest BCUT2D eigenvalue weighted by atomic mass is 9.96. The second-order valence-corrected chi connectivity index (χ2v) is 9.48. The molecule has 198 valence electrons. The van der Waals surface area contributed by atoms with Gasteiger partial charge in [0.05, 0.1) is 6.04 Å². The maximum Gasteiger partial charge on any atom is 0.326 e. The van der Waals surface area contributed by atoms with Crippen LogP contribution in [0.25, 0.3) is 10.9 Å². The van der Waals surface area contributed by atoms with Crippen LogP contribution in [0, 0.1) is 11.8 Å². The highest BCUT2D eigenvalue weighted by molar-refractivity contribution is 5.94. The van der Waals surface area contributed by atoms with Crippen molar-refractivity contribution in [1.82, 2.24) is 20.9 Å². The van der Waals surface area contributed by atoms with Crippen molar-refractivity contribution in [2.24, 2.45) is 17.6 Å². The Labute approximate surface area is 211 Å². The van der Waals surface area contributed by atoms with E-state index in [2.05, 4.69) is 20.9 Å². The molecule has 0 spiro atoms. The van der Waals surface area contributed by atoms with Crippen LogP contribution in [0.4, 0.5) is 0 Å². The van der Waals surface area contributed by atoms with Crippen LogP contribution in [-0.2, 0) is 25.6 Å². The number of aromatic amines is 1. The number of carbonyl (C=O) groups is 4. The Morgan fingerprint density at radius 1 is 0.889 bits per heavy atom. The summed E-state index contributed by atoms with van der Waals surface area (Å²) in [7, 11) is 0. The third-order valence-corrected chi connectivity index (χ3v) is 6.77. The molecule has 2 aromatic rings. The standard InChI is InChI=1S/C26H39N5O5/c1-6-14(3)21(25(34)29-16(5)23(32)31-22(26(35)36)15(4)7-2)30-24(33)19(27)12-17-13-28-20-11-9-8-10-18(17)20/h8-11,13-16,19,21-22,28H,6-7,12,27H2,1-5H3,(H,29,34)(H,30,33)(H,31,32)(H,35,36). The number of fused-ring (bicyclic) bond motifs is 1. The van der Waals surface area contributed by atoms with E-state index >= 15 is 0 Å². The summed E-state index contributed by atoms with van der Waals surface area (Å²) in [6.07, 6.45) is 3.28. The van der Waals surface area contributed by atoms with Gasteiger partial charge in [0.2, 0.25) is 17.7 Å². The number of carboxylic acid groups (broad SMARTS) is 1. The van der Waals surface area contributed by atoms with Crippen LogP contribution >= 0.6 is 0 Å². The maximum absolute atomic E-state index is 13.1. The quantitative estimate of drug-likeness (QED) is 0.244. The molecule has 6 atom stereocenters. The Bertz CT molecular complexity index is 1070. The summed E-state index contributed by atoms with van der Waals surface area (Å²) >= 11 is 0. The number of carboxylic acids is 1. The molecule has 0 aliphatic carbocycles. The molecule has 6 unspecified atom stereocenters. The van der Waals surface area contributed by atoms with E-state index in [9.17, 15) is 24.3 Å². The smallest absolute Gasteiger partial charge is 0.326 e. The van der Waals surface area contributed by atoms with E-state index in [1.807, 2.05) is 51.2 Å². The van der Waals surface area contributed by atoms with Crippen molar-refractivity contribution >= 4 is 34.6 Å². The molecule has 3 amide bonds. The van der Waals surface area contributed by atoms with E-state index in [0.29, 0.717) is 12.8 Å². The van der Waals surface area contributed by atoms with E-state index in [1.165, 1.54) is 6.92 Å². The fourth-order valence-electron chi connectivity index (χ4n) is 3.92. The third kappa shape index (κ3) is 7.30. The van der Waals surface area contributed by atoms with Gasteiger partial charge >= 0.3 is 5.97 Å². The number of aromatic nitrogens is 1. The zero-order valence-electron chi connectivity index (χ0n) is 21.6. The van der Waals surface area contributed by atoms with Crippen LogP contribution in [0.5, 0.6) is 0 Å². The molecule has 10 nitrogen and oxygen atoms in total. The Morgan fingerprint density at radius 3 is 2.08 bits per heavy atom. The zero-order chi connectivity index (χ0) is 27.0. The van der Waals surface area contributed by atoms with Crippen molar-refractivity contribution in [3.63, 3.8) is 0 Å². The minimum Gasteiger partial charge on any atom is -0.480 e. The fourth-order valence-corrected chi connectivity index (χ4v) is 3.92. The van der Waals surface area contributed by atoms with Crippen molar-refractivity contribution in [3.05, 3.63) is 36.0 Å². The van der Waals surface area contributed by atoms with Gasteiger partial charge in [-0.25, -0.2) is 4.79 Å². The molecule has 0 saturated carbocycles. The summed E-state index contributed by atoms with van der Waals surface area (Å²) in [6, 6.07) is 3.87. The molecule has 7 N–H and O–H groups in total. The van der Waals surface area contributed by atoms with Gasteiger partial charge in [0.1, 0.15) is 18.1 Å². The summed E-state index contributed by atoms with van der Waals surface area (Å²) in [4.78, 5) is 53.2. The Hall–Kier alpha value is -3.40. The number of rotatable bonds is 13. The summed E-state index contributed by atoms with van der Waals surface area (Å²) in [5.41, 5.74) is 8.03. The maximum atomic E-state index is 13.1. The van der Waals surface area contributed by atoms with Crippen LogP contribution < -0.4 is 21.7 Å². The first kappa shape index (κ1) is 28.8. The first-order valence-electron chi connectivity index (χ1n) is 12.4. The second-order valence-electron chi connectivity index (χ2n) is 9.48. The van der Waals surface area contributed by atoms with Gasteiger partial charge in [-0.2, -0.15) is 0 Å². The van der Waals surface area contributed by atoms with Crippen LogP contribution in [0.15, 0.2) is 30.5 Å². The summed E-state index contributed by atoms with van der Waals surface area (Å²) in [5.74, 6) is -3.25. The van der Waals surface area contributed by atoms with Crippen molar-refractivity contribution in [2.75, 3.05) is 0 Å². The van der Waals surface area contributed by atoms with Gasteiger partial charge in [0.25, 0.3) is 0 Å². The average molecular weight is 502 g/mol. The number of para-hydroxylation sites is 1. The monoisotopic (exact) mass is 501 g/mol. The average Bonchev–Trinajstić information content (AvgIpc) is 3.26. The topological polar surface area (TPSA) is 166 Å². The summed E-state index contributed by atoms with van der Waals surface area (Å²) < 4.78 is 0. The molecule has 0 radical (unpaired) electrons. The molecule has 1 aromatic heterocycles. The van der Waals surface area contributed by atoms with Crippen molar-refractivity contribution < 1.29 is 24.3 Å². The number of hydrogen-bond donors (Lipinski definition) is 6. The molecule has 10 heteroatoms. The predicted molar refractivity (Wildman–Crippen MR) is 138 cm³/mol. The second kappa shape index (κ2) is 13.1. The third-order valence-electron chi connectivity index (χ3n) is 6.77. The molecule has 2 rings (SSSR count). The largest absolute Gasteiger partial charge is 0.480 e. The van der Waals surface area contributed by atoms with E-state index < -0.39 is 47.9 Å². The highest BCUT2D eigenvalue weighted by atomic mass is 16.4. The number of carbonyl (C=O) groups excluding carboxylic acids is 3. The van der Waals surface area contributed by atoms with Gasteiger partial charge in [-0.3, -0.25) is 14.4 Å². The van der Waals surface area contributed by atoms with E-state index in [0.717, 1.165) is 16.5 Å².